The number of aryl methyl sites for hydroxylation is 1. The summed E-state index contributed by atoms with van der Waals surface area (Å²) in [4.78, 5) is 12.4. The van der Waals surface area contributed by atoms with Gasteiger partial charge in [-0.25, -0.2) is 4.79 Å². The Kier molecular flexibility index (Phi) is 7.29. The standard InChI is InChI=1S/C20H23ClO4/c1-14-9-10-18(23-2)16(13-14)19(20(22)24-3)25-17(11-12-21)15-7-5-4-6-8-15/h4-10,13,17,19H,11-12H2,1-3H3/t17-,19+/m1/s1. The van der Waals surface area contributed by atoms with Crippen molar-refractivity contribution in [1.82, 2.24) is 0 Å². The van der Waals surface area contributed by atoms with E-state index in [1.165, 1.54) is 7.11 Å². The minimum Gasteiger partial charge on any atom is -0.496 e. The number of hydrogen-bond acceptors (Lipinski definition) is 4. The minimum absolute atomic E-state index is 0.326. The summed E-state index contributed by atoms with van der Waals surface area (Å²) < 4.78 is 16.6. The fourth-order valence-electron chi connectivity index (χ4n) is 2.67. The van der Waals surface area contributed by atoms with Gasteiger partial charge in [-0.15, -0.1) is 11.6 Å². The van der Waals surface area contributed by atoms with E-state index in [2.05, 4.69) is 0 Å². The van der Waals surface area contributed by atoms with Gasteiger partial charge in [0, 0.05) is 11.4 Å². The summed E-state index contributed by atoms with van der Waals surface area (Å²) in [5.74, 6) is 0.524. The molecule has 2 atom stereocenters. The molecule has 2 rings (SSSR count). The van der Waals surface area contributed by atoms with Crippen LogP contribution in [0.25, 0.3) is 0 Å². The Morgan fingerprint density at radius 1 is 1.12 bits per heavy atom. The van der Waals surface area contributed by atoms with Crippen LogP contribution < -0.4 is 4.74 Å². The molecule has 0 N–H and O–H groups in total. The van der Waals surface area contributed by atoms with Crippen LogP contribution in [-0.4, -0.2) is 26.1 Å². The van der Waals surface area contributed by atoms with E-state index in [1.807, 2.05) is 55.5 Å². The lowest BCUT2D eigenvalue weighted by Gasteiger charge is -2.25. The van der Waals surface area contributed by atoms with Gasteiger partial charge in [-0.1, -0.05) is 42.0 Å². The lowest BCUT2D eigenvalue weighted by molar-refractivity contribution is -0.159. The van der Waals surface area contributed by atoms with E-state index < -0.39 is 12.1 Å². The molecule has 0 spiro atoms. The highest BCUT2D eigenvalue weighted by atomic mass is 35.5. The minimum atomic E-state index is -0.895. The molecule has 0 aromatic heterocycles. The van der Waals surface area contributed by atoms with E-state index in [1.54, 1.807) is 7.11 Å². The Morgan fingerprint density at radius 3 is 2.44 bits per heavy atom. The topological polar surface area (TPSA) is 44.8 Å². The molecule has 0 radical (unpaired) electrons. The summed E-state index contributed by atoms with van der Waals surface area (Å²) in [6, 6.07) is 15.3. The molecule has 0 saturated heterocycles. The number of alkyl halides is 1. The third-order valence-electron chi connectivity index (χ3n) is 3.93. The maximum absolute atomic E-state index is 12.4. The molecule has 0 aliphatic heterocycles. The highest BCUT2D eigenvalue weighted by Crippen LogP contribution is 2.35. The Morgan fingerprint density at radius 2 is 1.84 bits per heavy atom. The quantitative estimate of drug-likeness (QED) is 0.508. The Bertz CT molecular complexity index is 687. The number of carbonyl (C=O) groups excluding carboxylic acids is 1. The van der Waals surface area contributed by atoms with Crippen molar-refractivity contribution in [1.29, 1.82) is 0 Å². The summed E-state index contributed by atoms with van der Waals surface area (Å²) in [6.45, 7) is 1.95. The number of rotatable bonds is 8. The molecule has 0 fully saturated rings. The average molecular weight is 363 g/mol. The molecule has 0 aliphatic rings. The number of hydrogen-bond donors (Lipinski definition) is 0. The summed E-state index contributed by atoms with van der Waals surface area (Å²) in [7, 11) is 2.91. The van der Waals surface area contributed by atoms with E-state index in [-0.39, 0.29) is 6.10 Å². The Labute approximate surface area is 153 Å². The van der Waals surface area contributed by atoms with Gasteiger partial charge in [0.15, 0.2) is 6.10 Å². The summed E-state index contributed by atoms with van der Waals surface area (Å²) in [6.07, 6.45) is -0.644. The predicted octanol–water partition coefficient (Wildman–Crippen LogP) is 4.60. The van der Waals surface area contributed by atoms with Crippen LogP contribution in [0.15, 0.2) is 48.5 Å². The molecule has 4 nitrogen and oxygen atoms in total. The van der Waals surface area contributed by atoms with E-state index in [9.17, 15) is 4.79 Å². The fraction of sp³-hybridized carbons (Fsp3) is 0.350. The van der Waals surface area contributed by atoms with E-state index in [0.29, 0.717) is 23.6 Å². The zero-order valence-electron chi connectivity index (χ0n) is 14.7. The summed E-state index contributed by atoms with van der Waals surface area (Å²) in [5.41, 5.74) is 2.61. The zero-order chi connectivity index (χ0) is 18.2. The molecule has 0 heterocycles. The van der Waals surface area contributed by atoms with Crippen molar-refractivity contribution >= 4 is 17.6 Å². The molecule has 0 aliphatic carbocycles. The van der Waals surface area contributed by atoms with E-state index >= 15 is 0 Å². The number of halogens is 1. The van der Waals surface area contributed by atoms with Crippen molar-refractivity contribution in [2.75, 3.05) is 20.1 Å². The van der Waals surface area contributed by atoms with Crippen molar-refractivity contribution in [3.8, 4) is 5.75 Å². The highest BCUT2D eigenvalue weighted by Gasteiger charge is 2.29. The number of esters is 1. The summed E-state index contributed by atoms with van der Waals surface area (Å²) in [5, 5.41) is 0. The third-order valence-corrected chi connectivity index (χ3v) is 4.14. The molecular formula is C20H23ClO4. The molecule has 5 heteroatoms. The molecular weight excluding hydrogens is 340 g/mol. The van der Waals surface area contributed by atoms with Crippen LogP contribution in [0.1, 0.15) is 35.3 Å². The van der Waals surface area contributed by atoms with Crippen LogP contribution in [0, 0.1) is 6.92 Å². The number of ether oxygens (including phenoxy) is 3. The van der Waals surface area contributed by atoms with Gasteiger partial charge in [0.05, 0.1) is 20.3 Å². The maximum atomic E-state index is 12.4. The first-order chi connectivity index (χ1) is 12.1. The van der Waals surface area contributed by atoms with Crippen LogP contribution in [0.3, 0.4) is 0 Å². The number of benzene rings is 2. The van der Waals surface area contributed by atoms with Gasteiger partial charge in [-0.05, 0) is 31.0 Å². The van der Waals surface area contributed by atoms with Gasteiger partial charge in [0.2, 0.25) is 0 Å². The molecule has 134 valence electrons. The van der Waals surface area contributed by atoms with Crippen molar-refractivity contribution in [3.05, 3.63) is 65.2 Å². The Balaban J connectivity index is 2.40. The molecule has 0 bridgehead atoms. The number of carbonyl (C=O) groups is 1. The lowest BCUT2D eigenvalue weighted by Crippen LogP contribution is -2.21. The summed E-state index contributed by atoms with van der Waals surface area (Å²) >= 11 is 5.95. The average Bonchev–Trinajstić information content (AvgIpc) is 2.65. The van der Waals surface area contributed by atoms with E-state index in [0.717, 1.165) is 11.1 Å². The monoisotopic (exact) mass is 362 g/mol. The van der Waals surface area contributed by atoms with Crippen molar-refractivity contribution in [2.45, 2.75) is 25.6 Å². The predicted molar refractivity (Wildman–Crippen MR) is 98.1 cm³/mol. The van der Waals surface area contributed by atoms with Crippen LogP contribution in [0.5, 0.6) is 5.75 Å². The smallest absolute Gasteiger partial charge is 0.339 e. The molecule has 0 unspecified atom stereocenters. The number of methoxy groups -OCH3 is 2. The second kappa shape index (κ2) is 9.44. The highest BCUT2D eigenvalue weighted by molar-refractivity contribution is 6.17. The lowest BCUT2D eigenvalue weighted by atomic mass is 10.0. The first kappa shape index (κ1) is 19.3. The molecule has 0 saturated carbocycles. The maximum Gasteiger partial charge on any atom is 0.339 e. The van der Waals surface area contributed by atoms with Crippen LogP contribution in [0.2, 0.25) is 0 Å². The molecule has 25 heavy (non-hydrogen) atoms. The first-order valence-corrected chi connectivity index (χ1v) is 8.63. The van der Waals surface area contributed by atoms with Crippen molar-refractivity contribution in [3.63, 3.8) is 0 Å². The normalized spacial score (nSPS) is 13.1. The van der Waals surface area contributed by atoms with Crippen LogP contribution >= 0.6 is 11.6 Å². The SMILES string of the molecule is COC(=O)[C@@H](O[C@H](CCCl)c1ccccc1)c1cc(C)ccc1OC. The van der Waals surface area contributed by atoms with Gasteiger partial charge < -0.3 is 14.2 Å². The largest absolute Gasteiger partial charge is 0.496 e. The fourth-order valence-corrected chi connectivity index (χ4v) is 2.86. The van der Waals surface area contributed by atoms with Crippen molar-refractivity contribution in [2.24, 2.45) is 0 Å². The van der Waals surface area contributed by atoms with Gasteiger partial charge in [0.1, 0.15) is 5.75 Å². The first-order valence-electron chi connectivity index (χ1n) is 8.09. The Hall–Kier alpha value is -2.04. The molecule has 0 amide bonds. The van der Waals surface area contributed by atoms with E-state index in [4.69, 9.17) is 25.8 Å². The second-order valence-corrected chi connectivity index (χ2v) is 6.04. The van der Waals surface area contributed by atoms with Gasteiger partial charge >= 0.3 is 5.97 Å². The van der Waals surface area contributed by atoms with Gasteiger partial charge in [-0.3, -0.25) is 0 Å². The van der Waals surface area contributed by atoms with Crippen molar-refractivity contribution < 1.29 is 19.0 Å². The second-order valence-electron chi connectivity index (χ2n) is 5.66. The molecule has 2 aromatic carbocycles. The van der Waals surface area contributed by atoms with Gasteiger partial charge in [0.25, 0.3) is 0 Å². The van der Waals surface area contributed by atoms with Gasteiger partial charge in [-0.2, -0.15) is 0 Å². The van der Waals surface area contributed by atoms with Crippen LogP contribution in [0.4, 0.5) is 0 Å². The third kappa shape index (κ3) is 4.97. The molecule has 2 aromatic rings. The van der Waals surface area contributed by atoms with Crippen LogP contribution in [-0.2, 0) is 14.3 Å². The zero-order valence-corrected chi connectivity index (χ0v) is 15.5.